The second-order valence-electron chi connectivity index (χ2n) is 5.70. The van der Waals surface area contributed by atoms with Gasteiger partial charge in [-0.2, -0.15) is 5.26 Å². The number of aromatic hydroxyl groups is 1. The van der Waals surface area contributed by atoms with Crippen molar-refractivity contribution in [2.45, 2.75) is 26.4 Å². The number of halogens is 1. The topological polar surface area (TPSA) is 82.3 Å². The van der Waals surface area contributed by atoms with Gasteiger partial charge in [-0.3, -0.25) is 4.79 Å². The minimum absolute atomic E-state index is 0.0413. The second-order valence-corrected chi connectivity index (χ2v) is 6.10. The second kappa shape index (κ2) is 8.93. The van der Waals surface area contributed by atoms with Crippen molar-refractivity contribution in [2.75, 3.05) is 5.32 Å². The molecule has 1 unspecified atom stereocenters. The first-order chi connectivity index (χ1) is 12.4. The summed E-state index contributed by atoms with van der Waals surface area (Å²) >= 11 is 6.22. The Morgan fingerprint density at radius 2 is 2.04 bits per heavy atom. The number of amides is 1. The van der Waals surface area contributed by atoms with E-state index in [0.29, 0.717) is 22.0 Å². The van der Waals surface area contributed by atoms with Gasteiger partial charge in [0, 0.05) is 5.69 Å². The van der Waals surface area contributed by atoms with Crippen LogP contribution in [0.4, 0.5) is 5.69 Å². The lowest BCUT2D eigenvalue weighted by Crippen LogP contribution is -2.13. The summed E-state index contributed by atoms with van der Waals surface area (Å²) in [6.45, 7) is 3.97. The molecule has 2 rings (SSSR count). The summed E-state index contributed by atoms with van der Waals surface area (Å²) in [5.74, 6) is 0.104. The van der Waals surface area contributed by atoms with E-state index in [0.717, 1.165) is 6.42 Å². The molecule has 0 aromatic heterocycles. The molecular weight excluding hydrogens is 352 g/mol. The largest absolute Gasteiger partial charge is 0.508 e. The lowest BCUT2D eigenvalue weighted by Gasteiger charge is -2.14. The van der Waals surface area contributed by atoms with Gasteiger partial charge in [0.05, 0.1) is 11.1 Å². The first-order valence-electron chi connectivity index (χ1n) is 8.11. The molecule has 1 atom stereocenters. The van der Waals surface area contributed by atoms with E-state index in [-0.39, 0.29) is 17.4 Å². The summed E-state index contributed by atoms with van der Waals surface area (Å²) in [6.07, 6.45) is 2.35. The van der Waals surface area contributed by atoms with Crippen LogP contribution in [0.3, 0.4) is 0 Å². The summed E-state index contributed by atoms with van der Waals surface area (Å²) in [7, 11) is 0. The zero-order chi connectivity index (χ0) is 19.1. The third kappa shape index (κ3) is 5.27. The lowest BCUT2D eigenvalue weighted by molar-refractivity contribution is -0.112. The Morgan fingerprint density at radius 1 is 1.35 bits per heavy atom. The highest BCUT2D eigenvalue weighted by molar-refractivity contribution is 6.32. The van der Waals surface area contributed by atoms with Gasteiger partial charge >= 0.3 is 0 Å². The molecule has 0 bridgehead atoms. The summed E-state index contributed by atoms with van der Waals surface area (Å²) in [5, 5.41) is 21.6. The van der Waals surface area contributed by atoms with Crippen LogP contribution in [0.2, 0.25) is 5.02 Å². The highest BCUT2D eigenvalue weighted by Gasteiger charge is 2.11. The standard InChI is InChI=1S/C20H19ClN2O3/c1-3-13(2)26-19-9-4-14(11-18(19)21)10-15(12-22)20(25)23-16-5-7-17(24)8-6-16/h4-11,13,24H,3H2,1-2H3,(H,23,25). The predicted molar refractivity (Wildman–Crippen MR) is 102 cm³/mol. The van der Waals surface area contributed by atoms with Gasteiger partial charge in [-0.15, -0.1) is 0 Å². The van der Waals surface area contributed by atoms with Crippen LogP contribution in [-0.2, 0) is 4.79 Å². The Hall–Kier alpha value is -2.97. The van der Waals surface area contributed by atoms with E-state index >= 15 is 0 Å². The molecule has 134 valence electrons. The quantitative estimate of drug-likeness (QED) is 0.436. The molecular formula is C20H19ClN2O3. The number of ether oxygens (including phenoxy) is 1. The van der Waals surface area contributed by atoms with Gasteiger partial charge in [0.1, 0.15) is 23.1 Å². The molecule has 0 heterocycles. The molecule has 26 heavy (non-hydrogen) atoms. The van der Waals surface area contributed by atoms with Crippen molar-refractivity contribution in [3.63, 3.8) is 0 Å². The minimum Gasteiger partial charge on any atom is -0.508 e. The molecule has 2 aromatic carbocycles. The SMILES string of the molecule is CCC(C)Oc1ccc(C=C(C#N)C(=O)Nc2ccc(O)cc2)cc1Cl. The number of nitrogens with zero attached hydrogens (tertiary/aromatic N) is 1. The van der Waals surface area contributed by atoms with Crippen molar-refractivity contribution < 1.29 is 14.6 Å². The first-order valence-corrected chi connectivity index (χ1v) is 8.49. The lowest BCUT2D eigenvalue weighted by atomic mass is 10.1. The molecule has 0 saturated heterocycles. The Kier molecular flexibility index (Phi) is 6.65. The smallest absolute Gasteiger partial charge is 0.266 e. The van der Waals surface area contributed by atoms with Crippen LogP contribution in [0, 0.1) is 11.3 Å². The minimum atomic E-state index is -0.547. The number of nitriles is 1. The molecule has 2 N–H and O–H groups in total. The average Bonchev–Trinajstić information content (AvgIpc) is 2.63. The molecule has 5 nitrogen and oxygen atoms in total. The Bertz CT molecular complexity index is 854. The van der Waals surface area contributed by atoms with E-state index < -0.39 is 5.91 Å². The van der Waals surface area contributed by atoms with E-state index in [1.54, 1.807) is 30.3 Å². The van der Waals surface area contributed by atoms with Crippen LogP contribution in [0.1, 0.15) is 25.8 Å². The predicted octanol–water partition coefficient (Wildman–Crippen LogP) is 4.77. The van der Waals surface area contributed by atoms with Gasteiger partial charge in [-0.1, -0.05) is 24.6 Å². The monoisotopic (exact) mass is 370 g/mol. The summed E-state index contributed by atoms with van der Waals surface area (Å²) in [5.41, 5.74) is 1.03. The van der Waals surface area contributed by atoms with Crippen molar-refractivity contribution in [1.82, 2.24) is 0 Å². The number of hydrogen-bond acceptors (Lipinski definition) is 4. The van der Waals surface area contributed by atoms with Crippen molar-refractivity contribution in [2.24, 2.45) is 0 Å². The maximum absolute atomic E-state index is 12.2. The van der Waals surface area contributed by atoms with Gasteiger partial charge in [-0.05, 0) is 61.4 Å². The summed E-state index contributed by atoms with van der Waals surface area (Å²) < 4.78 is 5.70. The normalized spacial score (nSPS) is 12.2. The number of carbonyl (C=O) groups is 1. The fourth-order valence-electron chi connectivity index (χ4n) is 2.06. The van der Waals surface area contributed by atoms with Gasteiger partial charge in [0.2, 0.25) is 0 Å². The molecule has 0 fully saturated rings. The average molecular weight is 371 g/mol. The zero-order valence-corrected chi connectivity index (χ0v) is 15.2. The van der Waals surface area contributed by atoms with E-state index in [1.165, 1.54) is 18.2 Å². The van der Waals surface area contributed by atoms with E-state index in [1.807, 2.05) is 19.9 Å². The first kappa shape index (κ1) is 19.4. The summed E-state index contributed by atoms with van der Waals surface area (Å²) in [4.78, 5) is 12.2. The molecule has 0 aliphatic rings. The molecule has 2 aromatic rings. The molecule has 0 saturated carbocycles. The van der Waals surface area contributed by atoms with Crippen molar-refractivity contribution >= 4 is 29.3 Å². The van der Waals surface area contributed by atoms with Crippen LogP contribution < -0.4 is 10.1 Å². The number of benzene rings is 2. The Labute approximate surface area is 157 Å². The zero-order valence-electron chi connectivity index (χ0n) is 14.5. The molecule has 0 spiro atoms. The Morgan fingerprint density at radius 3 is 2.62 bits per heavy atom. The fourth-order valence-corrected chi connectivity index (χ4v) is 2.29. The number of rotatable bonds is 6. The number of nitrogens with one attached hydrogen (secondary N) is 1. The summed E-state index contributed by atoms with van der Waals surface area (Å²) in [6, 6.07) is 12.9. The fraction of sp³-hybridized carbons (Fsp3) is 0.200. The molecule has 6 heteroatoms. The highest BCUT2D eigenvalue weighted by atomic mass is 35.5. The van der Waals surface area contributed by atoms with Crippen LogP contribution in [-0.4, -0.2) is 17.1 Å². The maximum atomic E-state index is 12.2. The molecule has 0 aliphatic heterocycles. The van der Waals surface area contributed by atoms with Gasteiger partial charge < -0.3 is 15.2 Å². The van der Waals surface area contributed by atoms with Crippen LogP contribution in [0.15, 0.2) is 48.0 Å². The van der Waals surface area contributed by atoms with Gasteiger partial charge in [0.25, 0.3) is 5.91 Å². The van der Waals surface area contributed by atoms with E-state index in [2.05, 4.69) is 5.32 Å². The number of phenols is 1. The Balaban J connectivity index is 2.17. The van der Waals surface area contributed by atoms with Crippen molar-refractivity contribution in [1.29, 1.82) is 5.26 Å². The number of anilines is 1. The highest BCUT2D eigenvalue weighted by Crippen LogP contribution is 2.28. The van der Waals surface area contributed by atoms with Crippen LogP contribution in [0.5, 0.6) is 11.5 Å². The third-order valence-corrected chi connectivity index (χ3v) is 3.96. The van der Waals surface area contributed by atoms with Crippen LogP contribution in [0.25, 0.3) is 6.08 Å². The van der Waals surface area contributed by atoms with Gasteiger partial charge in [-0.25, -0.2) is 0 Å². The van der Waals surface area contributed by atoms with E-state index in [9.17, 15) is 15.2 Å². The van der Waals surface area contributed by atoms with Crippen molar-refractivity contribution in [3.05, 3.63) is 58.6 Å². The number of phenolic OH excluding ortho intramolecular Hbond substituents is 1. The third-order valence-electron chi connectivity index (χ3n) is 3.66. The van der Waals surface area contributed by atoms with Crippen molar-refractivity contribution in [3.8, 4) is 17.6 Å². The maximum Gasteiger partial charge on any atom is 0.266 e. The number of hydrogen-bond donors (Lipinski definition) is 2. The van der Waals surface area contributed by atoms with Gasteiger partial charge in [0.15, 0.2) is 0 Å². The van der Waals surface area contributed by atoms with E-state index in [4.69, 9.17) is 16.3 Å². The molecule has 1 amide bonds. The van der Waals surface area contributed by atoms with Crippen LogP contribution >= 0.6 is 11.6 Å². The molecule has 0 radical (unpaired) electrons. The molecule has 0 aliphatic carbocycles. The number of carbonyl (C=O) groups excluding carboxylic acids is 1.